The fraction of sp³-hybridized carbons (Fsp3) is 0.571. The van der Waals surface area contributed by atoms with Gasteiger partial charge in [-0.25, -0.2) is 4.39 Å². The molecule has 0 aliphatic heterocycles. The zero-order chi connectivity index (χ0) is 15.4. The molecule has 0 saturated carbocycles. The van der Waals surface area contributed by atoms with E-state index in [2.05, 4.69) is 0 Å². The van der Waals surface area contributed by atoms with Crippen molar-refractivity contribution in [2.75, 3.05) is 13.2 Å². The van der Waals surface area contributed by atoms with Crippen molar-refractivity contribution in [2.45, 2.75) is 32.9 Å². The first-order valence-electron chi connectivity index (χ1n) is 6.35. The van der Waals surface area contributed by atoms with Crippen LogP contribution in [-0.4, -0.2) is 13.2 Å². The summed E-state index contributed by atoms with van der Waals surface area (Å²) in [4.78, 5) is 0. The number of ether oxygens (including phenoxy) is 1. The van der Waals surface area contributed by atoms with Crippen LogP contribution in [0.1, 0.15) is 32.3 Å². The van der Waals surface area contributed by atoms with Crippen LogP contribution < -0.4 is 10.5 Å². The van der Waals surface area contributed by atoms with Crippen LogP contribution in [0.15, 0.2) is 18.2 Å². The summed E-state index contributed by atoms with van der Waals surface area (Å²) < 4.78 is 55.8. The molecule has 1 aromatic rings. The molecule has 1 aromatic carbocycles. The molecule has 6 heteroatoms. The SMILES string of the molecule is CC(C)(CN)CCCOc1ccc(F)c(C(F)(F)F)c1. The molecule has 20 heavy (non-hydrogen) atoms. The lowest BCUT2D eigenvalue weighted by atomic mass is 9.88. The second-order valence-corrected chi connectivity index (χ2v) is 5.46. The van der Waals surface area contributed by atoms with Crippen molar-refractivity contribution in [1.29, 1.82) is 0 Å². The number of benzene rings is 1. The van der Waals surface area contributed by atoms with Crippen LogP contribution in [0.2, 0.25) is 0 Å². The fourth-order valence-corrected chi connectivity index (χ4v) is 1.65. The highest BCUT2D eigenvalue weighted by molar-refractivity contribution is 5.31. The fourth-order valence-electron chi connectivity index (χ4n) is 1.65. The van der Waals surface area contributed by atoms with Gasteiger partial charge in [-0.15, -0.1) is 0 Å². The average molecular weight is 293 g/mol. The van der Waals surface area contributed by atoms with Crippen LogP contribution in [0, 0.1) is 11.2 Å². The summed E-state index contributed by atoms with van der Waals surface area (Å²) in [7, 11) is 0. The first kappa shape index (κ1) is 16.8. The van der Waals surface area contributed by atoms with Gasteiger partial charge >= 0.3 is 6.18 Å². The lowest BCUT2D eigenvalue weighted by Gasteiger charge is -2.22. The molecule has 0 heterocycles. The lowest BCUT2D eigenvalue weighted by molar-refractivity contribution is -0.140. The van der Waals surface area contributed by atoms with Gasteiger partial charge in [0.2, 0.25) is 0 Å². The normalized spacial score (nSPS) is 12.6. The van der Waals surface area contributed by atoms with E-state index >= 15 is 0 Å². The first-order chi connectivity index (χ1) is 9.15. The Bertz CT molecular complexity index is 443. The van der Waals surface area contributed by atoms with E-state index in [1.54, 1.807) is 0 Å². The topological polar surface area (TPSA) is 35.2 Å². The van der Waals surface area contributed by atoms with E-state index in [1.807, 2.05) is 13.8 Å². The Kier molecular flexibility index (Phi) is 5.39. The van der Waals surface area contributed by atoms with Crippen molar-refractivity contribution in [3.05, 3.63) is 29.6 Å². The molecule has 0 atom stereocenters. The minimum atomic E-state index is -4.72. The highest BCUT2D eigenvalue weighted by Gasteiger charge is 2.34. The number of alkyl halides is 3. The van der Waals surface area contributed by atoms with E-state index in [0.717, 1.165) is 12.5 Å². The van der Waals surface area contributed by atoms with Crippen molar-refractivity contribution < 1.29 is 22.3 Å². The molecular weight excluding hydrogens is 274 g/mol. The minimum Gasteiger partial charge on any atom is -0.494 e. The standard InChI is InChI=1S/C14H19F4NO/c1-13(2,9-19)6-3-7-20-10-4-5-12(15)11(8-10)14(16,17)18/h4-5,8H,3,6-7,9,19H2,1-2H3. The van der Waals surface area contributed by atoms with Crippen molar-refractivity contribution >= 4 is 0 Å². The van der Waals surface area contributed by atoms with Crippen LogP contribution >= 0.6 is 0 Å². The summed E-state index contributed by atoms with van der Waals surface area (Å²) in [5.41, 5.74) is 4.24. The Balaban J connectivity index is 2.58. The molecule has 0 saturated heterocycles. The third-order valence-electron chi connectivity index (χ3n) is 3.06. The molecule has 0 radical (unpaired) electrons. The van der Waals surface area contributed by atoms with E-state index in [0.29, 0.717) is 19.0 Å². The Morgan fingerprint density at radius 3 is 2.40 bits per heavy atom. The third-order valence-corrected chi connectivity index (χ3v) is 3.06. The van der Waals surface area contributed by atoms with Gasteiger partial charge in [-0.2, -0.15) is 13.2 Å². The third kappa shape index (κ3) is 5.00. The predicted molar refractivity (Wildman–Crippen MR) is 69.0 cm³/mol. The average Bonchev–Trinajstić information content (AvgIpc) is 2.35. The summed E-state index contributed by atoms with van der Waals surface area (Å²) in [5.74, 6) is -1.28. The molecule has 114 valence electrons. The van der Waals surface area contributed by atoms with Crippen LogP contribution in [-0.2, 0) is 6.18 Å². The van der Waals surface area contributed by atoms with Crippen molar-refractivity contribution in [3.63, 3.8) is 0 Å². The Hall–Kier alpha value is -1.30. The molecule has 2 N–H and O–H groups in total. The van der Waals surface area contributed by atoms with Crippen molar-refractivity contribution in [3.8, 4) is 5.75 Å². The second-order valence-electron chi connectivity index (χ2n) is 5.46. The maximum absolute atomic E-state index is 13.1. The van der Waals surface area contributed by atoms with Crippen molar-refractivity contribution in [1.82, 2.24) is 0 Å². The Morgan fingerprint density at radius 2 is 1.85 bits per heavy atom. The van der Waals surface area contributed by atoms with Crippen molar-refractivity contribution in [2.24, 2.45) is 11.1 Å². The number of hydrogen-bond donors (Lipinski definition) is 1. The van der Waals surface area contributed by atoms with E-state index in [9.17, 15) is 17.6 Å². The molecule has 0 aromatic heterocycles. The molecule has 0 amide bonds. The van der Waals surface area contributed by atoms with Gasteiger partial charge in [-0.1, -0.05) is 13.8 Å². The van der Waals surface area contributed by atoms with Gasteiger partial charge in [0.25, 0.3) is 0 Å². The largest absolute Gasteiger partial charge is 0.494 e. The summed E-state index contributed by atoms with van der Waals surface area (Å²) in [5, 5.41) is 0. The van der Waals surface area contributed by atoms with Gasteiger partial charge in [-0.3, -0.25) is 0 Å². The molecule has 0 fully saturated rings. The maximum Gasteiger partial charge on any atom is 0.419 e. The molecule has 0 spiro atoms. The molecule has 0 aliphatic rings. The van der Waals surface area contributed by atoms with Gasteiger partial charge in [0.15, 0.2) is 0 Å². The zero-order valence-corrected chi connectivity index (χ0v) is 11.6. The van der Waals surface area contributed by atoms with Gasteiger partial charge in [0, 0.05) is 0 Å². The number of halogens is 4. The van der Waals surface area contributed by atoms with E-state index in [4.69, 9.17) is 10.5 Å². The molecule has 0 bridgehead atoms. The molecule has 0 unspecified atom stereocenters. The van der Waals surface area contributed by atoms with Crippen LogP contribution in [0.5, 0.6) is 5.75 Å². The van der Waals surface area contributed by atoms with Gasteiger partial charge in [0.1, 0.15) is 11.6 Å². The number of nitrogens with two attached hydrogens (primary N) is 1. The monoisotopic (exact) mass is 293 g/mol. The Labute approximate surface area is 115 Å². The van der Waals surface area contributed by atoms with E-state index in [1.165, 1.54) is 6.07 Å². The van der Waals surface area contributed by atoms with E-state index < -0.39 is 17.6 Å². The quantitative estimate of drug-likeness (QED) is 0.636. The second kappa shape index (κ2) is 6.43. The van der Waals surface area contributed by atoms with Crippen LogP contribution in [0.25, 0.3) is 0 Å². The highest BCUT2D eigenvalue weighted by Crippen LogP contribution is 2.33. The van der Waals surface area contributed by atoms with E-state index in [-0.39, 0.29) is 17.8 Å². The van der Waals surface area contributed by atoms with Gasteiger partial charge in [0.05, 0.1) is 12.2 Å². The van der Waals surface area contributed by atoms with Crippen LogP contribution in [0.3, 0.4) is 0 Å². The van der Waals surface area contributed by atoms with Crippen LogP contribution in [0.4, 0.5) is 17.6 Å². The zero-order valence-electron chi connectivity index (χ0n) is 11.6. The molecule has 2 nitrogen and oxygen atoms in total. The minimum absolute atomic E-state index is 0.0179. The smallest absolute Gasteiger partial charge is 0.419 e. The lowest BCUT2D eigenvalue weighted by Crippen LogP contribution is -2.24. The number of rotatable bonds is 6. The Morgan fingerprint density at radius 1 is 1.20 bits per heavy atom. The molecular formula is C14H19F4NO. The molecule has 1 rings (SSSR count). The summed E-state index contributed by atoms with van der Waals surface area (Å²) >= 11 is 0. The summed E-state index contributed by atoms with van der Waals surface area (Å²) in [6, 6.07) is 2.64. The summed E-state index contributed by atoms with van der Waals surface area (Å²) in [6.45, 7) is 4.81. The maximum atomic E-state index is 13.1. The first-order valence-corrected chi connectivity index (χ1v) is 6.35. The van der Waals surface area contributed by atoms with Gasteiger partial charge < -0.3 is 10.5 Å². The predicted octanol–water partition coefficient (Wildman–Crippen LogP) is 3.99. The molecule has 0 aliphatic carbocycles. The highest BCUT2D eigenvalue weighted by atomic mass is 19.4. The number of hydrogen-bond acceptors (Lipinski definition) is 2. The summed E-state index contributed by atoms with van der Waals surface area (Å²) in [6.07, 6.45) is -3.25. The van der Waals surface area contributed by atoms with Gasteiger partial charge in [-0.05, 0) is 43.0 Å².